The van der Waals surface area contributed by atoms with Gasteiger partial charge in [-0.15, -0.1) is 0 Å². The van der Waals surface area contributed by atoms with E-state index in [-0.39, 0.29) is 12.0 Å². The molecule has 1 atom stereocenters. The Kier molecular flexibility index (Phi) is 4.93. The number of ether oxygens (including phenoxy) is 2. The highest BCUT2D eigenvalue weighted by Crippen LogP contribution is 2.24. The van der Waals surface area contributed by atoms with Crippen LogP contribution in [0.1, 0.15) is 29.3 Å². The van der Waals surface area contributed by atoms with Crippen LogP contribution in [0.25, 0.3) is 0 Å². The monoisotopic (exact) mass is 311 g/mol. The molecule has 120 valence electrons. The molecular weight excluding hydrogens is 290 g/mol. The van der Waals surface area contributed by atoms with E-state index in [1.54, 1.807) is 0 Å². The minimum absolute atomic E-state index is 0.161. The summed E-state index contributed by atoms with van der Waals surface area (Å²) in [5.41, 5.74) is 2.50. The molecule has 2 aromatic rings. The van der Waals surface area contributed by atoms with E-state index in [1.807, 2.05) is 48.5 Å². The number of carbonyl (C=O) groups is 1. The number of benzene rings is 2. The number of rotatable bonds is 7. The van der Waals surface area contributed by atoms with E-state index in [1.165, 1.54) is 5.56 Å². The summed E-state index contributed by atoms with van der Waals surface area (Å²) < 4.78 is 11.0. The second-order valence-electron chi connectivity index (χ2n) is 5.67. The van der Waals surface area contributed by atoms with Crippen LogP contribution in [0.3, 0.4) is 0 Å². The molecule has 2 aromatic carbocycles. The Bertz CT molecular complexity index is 666. The summed E-state index contributed by atoms with van der Waals surface area (Å²) in [6, 6.07) is 15.2. The van der Waals surface area contributed by atoms with Gasteiger partial charge in [0.2, 0.25) is 0 Å². The van der Waals surface area contributed by atoms with Gasteiger partial charge in [-0.25, -0.2) is 0 Å². The van der Waals surface area contributed by atoms with Gasteiger partial charge in [0.1, 0.15) is 18.5 Å². The zero-order valence-electron chi connectivity index (χ0n) is 13.2. The minimum atomic E-state index is -0.161. The average Bonchev–Trinajstić information content (AvgIpc) is 3.38. The Balaban J connectivity index is 1.78. The molecule has 0 radical (unpaired) electrons. The third-order valence-electron chi connectivity index (χ3n) is 3.69. The molecule has 0 spiro atoms. The lowest BCUT2D eigenvalue weighted by molar-refractivity contribution is 0.102. The molecule has 0 aliphatic carbocycles. The van der Waals surface area contributed by atoms with Gasteiger partial charge in [0, 0.05) is 5.69 Å². The van der Waals surface area contributed by atoms with Crippen molar-refractivity contribution >= 4 is 11.6 Å². The zero-order valence-corrected chi connectivity index (χ0v) is 13.2. The van der Waals surface area contributed by atoms with Crippen LogP contribution in [0.15, 0.2) is 48.5 Å². The fourth-order valence-corrected chi connectivity index (χ4v) is 2.38. The van der Waals surface area contributed by atoms with Gasteiger partial charge in [-0.05, 0) is 36.2 Å². The standard InChI is InChI=1S/C19H21NO3/c1-2-6-14-9-10-17(18(11-14)23-13-16-12-22-16)19(21)20-15-7-4-3-5-8-15/h3-5,7-11,16H,2,6,12-13H2,1H3,(H,20,21). The Morgan fingerprint density at radius 1 is 1.26 bits per heavy atom. The van der Waals surface area contributed by atoms with Crippen LogP contribution in [-0.2, 0) is 11.2 Å². The third kappa shape index (κ3) is 4.33. The van der Waals surface area contributed by atoms with Crippen molar-refractivity contribution in [3.63, 3.8) is 0 Å². The topological polar surface area (TPSA) is 50.9 Å². The van der Waals surface area contributed by atoms with Gasteiger partial charge in [0.05, 0.1) is 12.2 Å². The number of carbonyl (C=O) groups excluding carboxylic acids is 1. The molecule has 1 unspecified atom stereocenters. The van der Waals surface area contributed by atoms with E-state index >= 15 is 0 Å². The molecule has 0 saturated carbocycles. The molecule has 1 saturated heterocycles. The number of aryl methyl sites for hydroxylation is 1. The van der Waals surface area contributed by atoms with Crippen molar-refractivity contribution in [2.45, 2.75) is 25.9 Å². The van der Waals surface area contributed by atoms with E-state index in [0.29, 0.717) is 17.9 Å². The van der Waals surface area contributed by atoms with E-state index < -0.39 is 0 Å². The Morgan fingerprint density at radius 2 is 2.04 bits per heavy atom. The number of nitrogens with one attached hydrogen (secondary N) is 1. The first-order chi connectivity index (χ1) is 11.3. The predicted octanol–water partition coefficient (Wildman–Crippen LogP) is 3.67. The largest absolute Gasteiger partial charge is 0.490 e. The van der Waals surface area contributed by atoms with Gasteiger partial charge >= 0.3 is 0 Å². The van der Waals surface area contributed by atoms with Crippen molar-refractivity contribution < 1.29 is 14.3 Å². The van der Waals surface area contributed by atoms with Gasteiger partial charge in [-0.1, -0.05) is 37.6 Å². The lowest BCUT2D eigenvalue weighted by atomic mass is 10.1. The highest BCUT2D eigenvalue weighted by atomic mass is 16.6. The zero-order chi connectivity index (χ0) is 16.1. The molecule has 1 heterocycles. The molecule has 23 heavy (non-hydrogen) atoms. The smallest absolute Gasteiger partial charge is 0.259 e. The van der Waals surface area contributed by atoms with Crippen LogP contribution in [0.4, 0.5) is 5.69 Å². The van der Waals surface area contributed by atoms with Crippen molar-refractivity contribution in [1.29, 1.82) is 0 Å². The summed E-state index contributed by atoms with van der Waals surface area (Å²) in [6.45, 7) is 3.36. The van der Waals surface area contributed by atoms with Crippen molar-refractivity contribution in [1.82, 2.24) is 0 Å². The van der Waals surface area contributed by atoms with Crippen LogP contribution >= 0.6 is 0 Å². The predicted molar refractivity (Wildman–Crippen MR) is 90.1 cm³/mol. The van der Waals surface area contributed by atoms with Crippen molar-refractivity contribution in [3.8, 4) is 5.75 Å². The van der Waals surface area contributed by atoms with Gasteiger partial charge in [-0.2, -0.15) is 0 Å². The SMILES string of the molecule is CCCc1ccc(C(=O)Nc2ccccc2)c(OCC2CO2)c1. The molecule has 1 amide bonds. The first-order valence-electron chi connectivity index (χ1n) is 8.00. The molecule has 4 nitrogen and oxygen atoms in total. The molecule has 1 N–H and O–H groups in total. The highest BCUT2D eigenvalue weighted by molar-refractivity contribution is 6.06. The maximum absolute atomic E-state index is 12.5. The Labute approximate surface area is 136 Å². The number of amides is 1. The molecule has 0 aromatic heterocycles. The lowest BCUT2D eigenvalue weighted by Gasteiger charge is -2.13. The van der Waals surface area contributed by atoms with Crippen LogP contribution < -0.4 is 10.1 Å². The quantitative estimate of drug-likeness (QED) is 0.794. The van der Waals surface area contributed by atoms with E-state index in [2.05, 4.69) is 12.2 Å². The van der Waals surface area contributed by atoms with Crippen LogP contribution in [0.5, 0.6) is 5.75 Å². The van der Waals surface area contributed by atoms with Gasteiger partial charge < -0.3 is 14.8 Å². The number of hydrogen-bond donors (Lipinski definition) is 1. The second-order valence-corrected chi connectivity index (χ2v) is 5.67. The van der Waals surface area contributed by atoms with Crippen LogP contribution in [-0.4, -0.2) is 25.2 Å². The molecule has 1 aliphatic heterocycles. The summed E-state index contributed by atoms with van der Waals surface area (Å²) >= 11 is 0. The first-order valence-corrected chi connectivity index (χ1v) is 8.00. The second kappa shape index (κ2) is 7.29. The molecule has 0 bridgehead atoms. The van der Waals surface area contributed by atoms with Gasteiger partial charge in [0.15, 0.2) is 0 Å². The lowest BCUT2D eigenvalue weighted by Crippen LogP contribution is -2.15. The highest BCUT2D eigenvalue weighted by Gasteiger charge is 2.24. The number of hydrogen-bond acceptors (Lipinski definition) is 3. The molecular formula is C19H21NO3. The van der Waals surface area contributed by atoms with Crippen LogP contribution in [0.2, 0.25) is 0 Å². The summed E-state index contributed by atoms with van der Waals surface area (Å²) in [5.74, 6) is 0.464. The Morgan fingerprint density at radius 3 is 2.74 bits per heavy atom. The fourth-order valence-electron chi connectivity index (χ4n) is 2.38. The molecule has 1 aliphatic rings. The summed E-state index contributed by atoms with van der Waals surface area (Å²) in [6.07, 6.45) is 2.19. The van der Waals surface area contributed by atoms with E-state index in [9.17, 15) is 4.79 Å². The molecule has 1 fully saturated rings. The summed E-state index contributed by atoms with van der Waals surface area (Å²) in [7, 11) is 0. The summed E-state index contributed by atoms with van der Waals surface area (Å²) in [4.78, 5) is 12.5. The van der Waals surface area contributed by atoms with Crippen molar-refractivity contribution in [2.24, 2.45) is 0 Å². The van der Waals surface area contributed by atoms with E-state index in [0.717, 1.165) is 25.1 Å². The minimum Gasteiger partial charge on any atom is -0.490 e. The first kappa shape index (κ1) is 15.6. The summed E-state index contributed by atoms with van der Waals surface area (Å²) in [5, 5.41) is 2.90. The average molecular weight is 311 g/mol. The van der Waals surface area contributed by atoms with Crippen molar-refractivity contribution in [3.05, 3.63) is 59.7 Å². The maximum Gasteiger partial charge on any atom is 0.259 e. The Hall–Kier alpha value is -2.33. The number of para-hydroxylation sites is 1. The normalized spacial score (nSPS) is 16.0. The van der Waals surface area contributed by atoms with E-state index in [4.69, 9.17) is 9.47 Å². The number of epoxide rings is 1. The van der Waals surface area contributed by atoms with Crippen LogP contribution in [0, 0.1) is 0 Å². The van der Waals surface area contributed by atoms with Gasteiger partial charge in [0.25, 0.3) is 5.91 Å². The van der Waals surface area contributed by atoms with Gasteiger partial charge in [-0.3, -0.25) is 4.79 Å². The fraction of sp³-hybridized carbons (Fsp3) is 0.316. The molecule has 3 rings (SSSR count). The maximum atomic E-state index is 12.5. The molecule has 4 heteroatoms. The number of anilines is 1. The van der Waals surface area contributed by atoms with Crippen molar-refractivity contribution in [2.75, 3.05) is 18.5 Å². The third-order valence-corrected chi connectivity index (χ3v) is 3.69.